The first-order valence-electron chi connectivity index (χ1n) is 14.8. The van der Waals surface area contributed by atoms with E-state index >= 15 is 0 Å². The van der Waals surface area contributed by atoms with Gasteiger partial charge in [0.1, 0.15) is 11.1 Å². The minimum absolute atomic E-state index is 0.0664. The molecule has 2 amide bonds. The third-order valence-corrected chi connectivity index (χ3v) is 8.88. The van der Waals surface area contributed by atoms with Crippen LogP contribution in [-0.4, -0.2) is 40.4 Å². The minimum Gasteiger partial charge on any atom is -0.454 e. The van der Waals surface area contributed by atoms with Crippen LogP contribution in [0.25, 0.3) is 22.4 Å². The number of imide groups is 1. The van der Waals surface area contributed by atoms with E-state index in [1.165, 1.54) is 24.3 Å². The van der Waals surface area contributed by atoms with Crippen molar-refractivity contribution in [3.8, 4) is 28.5 Å². The minimum atomic E-state index is -0.771. The number of hydrogen-bond donors (Lipinski definition) is 0. The first kappa shape index (κ1) is 31.1. The van der Waals surface area contributed by atoms with Gasteiger partial charge in [-0.3, -0.25) is 14.4 Å². The Balaban J connectivity index is 1.08. The molecular weight excluding hydrogens is 611 g/mol. The summed E-state index contributed by atoms with van der Waals surface area (Å²) >= 11 is 1.09. The van der Waals surface area contributed by atoms with Crippen LogP contribution in [0.1, 0.15) is 38.3 Å². The van der Waals surface area contributed by atoms with Crippen molar-refractivity contribution in [1.29, 1.82) is 5.26 Å². The Labute approximate surface area is 275 Å². The predicted molar refractivity (Wildman–Crippen MR) is 179 cm³/mol. The molecule has 0 radical (unpaired) electrons. The molecule has 9 heteroatoms. The van der Waals surface area contributed by atoms with Gasteiger partial charge < -0.3 is 4.74 Å². The van der Waals surface area contributed by atoms with Crippen molar-refractivity contribution in [2.24, 2.45) is 0 Å². The number of carbonyl (C=O) groups is 4. The van der Waals surface area contributed by atoms with Crippen LogP contribution in [0.3, 0.4) is 0 Å². The zero-order chi connectivity index (χ0) is 32.9. The number of amides is 2. The van der Waals surface area contributed by atoms with Gasteiger partial charge in [-0.1, -0.05) is 96.2 Å². The average molecular weight is 638 g/mol. The van der Waals surface area contributed by atoms with Gasteiger partial charge in [-0.2, -0.15) is 5.26 Å². The molecule has 0 spiro atoms. The summed E-state index contributed by atoms with van der Waals surface area (Å²) < 4.78 is 5.25. The lowest BCUT2D eigenvalue weighted by atomic mass is 10.0. The third kappa shape index (κ3) is 6.88. The Morgan fingerprint density at radius 1 is 0.830 bits per heavy atom. The number of nitriles is 1. The highest BCUT2D eigenvalue weighted by Gasteiger charge is 2.41. The van der Waals surface area contributed by atoms with E-state index in [9.17, 15) is 24.4 Å². The molecule has 230 valence electrons. The molecule has 1 aliphatic rings. The van der Waals surface area contributed by atoms with Gasteiger partial charge in [-0.05, 0) is 54.4 Å². The monoisotopic (exact) mass is 637 g/mol. The van der Waals surface area contributed by atoms with E-state index in [2.05, 4.69) is 11.1 Å². The normalized spacial score (nSPS) is 14.1. The van der Waals surface area contributed by atoms with Crippen molar-refractivity contribution in [1.82, 2.24) is 4.98 Å². The molecule has 6 rings (SSSR count). The highest BCUT2D eigenvalue weighted by Crippen LogP contribution is 2.36. The molecule has 0 saturated carbocycles. The lowest BCUT2D eigenvalue weighted by Gasteiger charge is -2.15. The fourth-order valence-electron chi connectivity index (χ4n) is 5.13. The molecule has 1 unspecified atom stereocenters. The van der Waals surface area contributed by atoms with Gasteiger partial charge >= 0.3 is 5.97 Å². The second-order valence-corrected chi connectivity index (χ2v) is 12.1. The van der Waals surface area contributed by atoms with Crippen molar-refractivity contribution in [3.05, 3.63) is 138 Å². The molecule has 1 aromatic heterocycles. The molecule has 2 heterocycles. The highest BCUT2D eigenvalue weighted by atomic mass is 32.2. The van der Waals surface area contributed by atoms with Gasteiger partial charge in [-0.15, -0.1) is 0 Å². The van der Waals surface area contributed by atoms with Crippen LogP contribution in [0.5, 0.6) is 0 Å². The van der Waals surface area contributed by atoms with Crippen LogP contribution in [0, 0.1) is 18.3 Å². The molecule has 1 saturated heterocycles. The zero-order valence-electron chi connectivity index (χ0n) is 25.3. The van der Waals surface area contributed by atoms with Gasteiger partial charge in [0.15, 0.2) is 12.4 Å². The molecule has 1 aliphatic heterocycles. The average Bonchev–Trinajstić information content (AvgIpc) is 3.39. The summed E-state index contributed by atoms with van der Waals surface area (Å²) in [5.41, 5.74) is 5.84. The largest absolute Gasteiger partial charge is 0.454 e. The quantitative estimate of drug-likeness (QED) is 0.0958. The Morgan fingerprint density at radius 3 is 2.15 bits per heavy atom. The molecule has 1 fully saturated rings. The molecule has 0 bridgehead atoms. The van der Waals surface area contributed by atoms with Crippen LogP contribution < -0.4 is 4.90 Å². The summed E-state index contributed by atoms with van der Waals surface area (Å²) in [5, 5.41) is 9.27. The smallest absolute Gasteiger partial charge is 0.338 e. The maximum absolute atomic E-state index is 13.4. The molecule has 1 atom stereocenters. The van der Waals surface area contributed by atoms with E-state index in [0.717, 1.165) is 38.9 Å². The molecule has 8 nitrogen and oxygen atoms in total. The number of rotatable bonds is 9. The van der Waals surface area contributed by atoms with Crippen LogP contribution in [0.2, 0.25) is 0 Å². The molecule has 47 heavy (non-hydrogen) atoms. The Hall–Kier alpha value is -5.85. The number of anilines is 1. The van der Waals surface area contributed by atoms with Crippen molar-refractivity contribution in [2.45, 2.75) is 23.6 Å². The highest BCUT2D eigenvalue weighted by molar-refractivity contribution is 8.00. The van der Waals surface area contributed by atoms with Crippen molar-refractivity contribution in [2.75, 3.05) is 11.5 Å². The zero-order valence-corrected chi connectivity index (χ0v) is 26.1. The second-order valence-electron chi connectivity index (χ2n) is 10.9. The number of pyridine rings is 1. The van der Waals surface area contributed by atoms with Gasteiger partial charge in [0.2, 0.25) is 11.8 Å². The summed E-state index contributed by atoms with van der Waals surface area (Å²) in [6.07, 6.45) is -0.0664. The maximum Gasteiger partial charge on any atom is 0.338 e. The second kappa shape index (κ2) is 13.6. The molecule has 0 N–H and O–H groups in total. The molecule has 5 aromatic rings. The Kier molecular flexibility index (Phi) is 9.04. The molecule has 4 aromatic carbocycles. The number of aromatic nitrogens is 1. The van der Waals surface area contributed by atoms with E-state index in [-0.39, 0.29) is 17.8 Å². The fraction of sp³-hybridized carbons (Fsp3) is 0.105. The number of ether oxygens (including phenoxy) is 1. The first-order valence-corrected chi connectivity index (χ1v) is 15.7. The number of aryl methyl sites for hydroxylation is 1. The van der Waals surface area contributed by atoms with Gasteiger partial charge in [0.05, 0.1) is 27.8 Å². The van der Waals surface area contributed by atoms with Gasteiger partial charge in [0, 0.05) is 17.5 Å². The van der Waals surface area contributed by atoms with Crippen LogP contribution >= 0.6 is 11.8 Å². The number of hydrogen-bond acceptors (Lipinski definition) is 8. The van der Waals surface area contributed by atoms with E-state index in [4.69, 9.17) is 4.74 Å². The SMILES string of the molecule is Cc1ccc(-c2ccc(C#N)c(SC3CC(=O)N(c4ccc(C(=O)OCC(=O)c5ccc(-c6ccccc6)cc5)cc4)C3=O)n2)cc1. The number of carbonyl (C=O) groups excluding carboxylic acids is 4. The fourth-order valence-corrected chi connectivity index (χ4v) is 6.22. The first-order chi connectivity index (χ1) is 22.8. The van der Waals surface area contributed by atoms with Gasteiger partial charge in [0.25, 0.3) is 0 Å². The van der Waals surface area contributed by atoms with Crippen LogP contribution in [-0.2, 0) is 14.3 Å². The van der Waals surface area contributed by atoms with E-state index in [0.29, 0.717) is 27.5 Å². The number of nitrogens with zero attached hydrogens (tertiary/aromatic N) is 3. The summed E-state index contributed by atoms with van der Waals surface area (Å²) in [6, 6.07) is 36.1. The summed E-state index contributed by atoms with van der Waals surface area (Å²) in [5.74, 6) is -1.89. The lowest BCUT2D eigenvalue weighted by molar-refractivity contribution is -0.121. The van der Waals surface area contributed by atoms with E-state index in [1.807, 2.05) is 73.7 Å². The number of Topliss-reactive ketones (excluding diaryl/α,β-unsaturated/α-hetero) is 1. The standard InChI is InChI=1S/C38H27N3O5S/c1-24-7-9-27(10-8-24)32-20-17-30(22-39)36(40-32)47-34-21-35(43)41(37(34)44)31-18-15-29(16-19-31)38(45)46-23-33(42)28-13-11-26(12-14-28)25-5-3-2-4-6-25/h2-20,34H,21,23H2,1H3. The number of ketones is 1. The lowest BCUT2D eigenvalue weighted by Crippen LogP contribution is -2.31. The molecular formula is C38H27N3O5S. The Bertz CT molecular complexity index is 2020. The predicted octanol–water partition coefficient (Wildman–Crippen LogP) is 7.06. The van der Waals surface area contributed by atoms with E-state index in [1.54, 1.807) is 24.3 Å². The number of benzene rings is 4. The van der Waals surface area contributed by atoms with Crippen molar-refractivity contribution < 1.29 is 23.9 Å². The summed E-state index contributed by atoms with van der Waals surface area (Å²) in [6.45, 7) is 1.55. The van der Waals surface area contributed by atoms with Crippen molar-refractivity contribution in [3.63, 3.8) is 0 Å². The summed E-state index contributed by atoms with van der Waals surface area (Å²) in [4.78, 5) is 57.4. The van der Waals surface area contributed by atoms with Crippen LogP contribution in [0.15, 0.2) is 120 Å². The van der Waals surface area contributed by atoms with Crippen molar-refractivity contribution >= 4 is 41.0 Å². The van der Waals surface area contributed by atoms with Crippen LogP contribution in [0.4, 0.5) is 5.69 Å². The van der Waals surface area contributed by atoms with Gasteiger partial charge in [-0.25, -0.2) is 14.7 Å². The number of esters is 1. The number of thioether (sulfide) groups is 1. The Morgan fingerprint density at radius 2 is 1.47 bits per heavy atom. The van der Waals surface area contributed by atoms with E-state index < -0.39 is 29.6 Å². The summed E-state index contributed by atoms with van der Waals surface area (Å²) in [7, 11) is 0. The maximum atomic E-state index is 13.4. The molecule has 0 aliphatic carbocycles. The third-order valence-electron chi connectivity index (χ3n) is 7.70. The topological polar surface area (TPSA) is 117 Å².